The number of anilines is 1. The molecule has 0 saturated carbocycles. The van der Waals surface area contributed by atoms with Crippen LogP contribution < -0.4 is 34.3 Å². The summed E-state index contributed by atoms with van der Waals surface area (Å²) in [5.74, 6) is 1.53. The van der Waals surface area contributed by atoms with Crippen molar-refractivity contribution in [1.29, 1.82) is 0 Å². The molecule has 3 aromatic carbocycles. The molecule has 1 amide bonds. The maximum atomic E-state index is 14.2. The van der Waals surface area contributed by atoms with E-state index in [1.54, 1.807) is 53.7 Å². The third kappa shape index (κ3) is 5.50. The first-order chi connectivity index (χ1) is 20.8. The predicted octanol–water partition coefficient (Wildman–Crippen LogP) is 5.73. The Balaban J connectivity index is 1.61. The fourth-order valence-corrected chi connectivity index (χ4v) is 6.07. The summed E-state index contributed by atoms with van der Waals surface area (Å²) in [6.45, 7) is 1.85. The molecule has 9 nitrogen and oxygen atoms in total. The van der Waals surface area contributed by atoms with Crippen molar-refractivity contribution >= 4 is 17.4 Å². The van der Waals surface area contributed by atoms with Crippen molar-refractivity contribution in [2.24, 2.45) is 0 Å². The molecule has 1 aliphatic carbocycles. The molecule has 1 heterocycles. The van der Waals surface area contributed by atoms with Gasteiger partial charge in [0.25, 0.3) is 5.91 Å². The van der Waals surface area contributed by atoms with Gasteiger partial charge in [-0.25, -0.2) is 0 Å². The summed E-state index contributed by atoms with van der Waals surface area (Å²) in [4.78, 5) is 28.2. The van der Waals surface area contributed by atoms with Crippen LogP contribution >= 0.6 is 0 Å². The lowest BCUT2D eigenvalue weighted by Crippen LogP contribution is -2.37. The summed E-state index contributed by atoms with van der Waals surface area (Å²) in [6, 6.07) is 18.4. The van der Waals surface area contributed by atoms with Crippen molar-refractivity contribution in [1.82, 2.24) is 5.32 Å². The third-order valence-corrected chi connectivity index (χ3v) is 8.05. The van der Waals surface area contributed by atoms with Crippen LogP contribution in [0.4, 0.5) is 5.69 Å². The standard InChI is InChI=1S/C34H36N2O7/c1-19-30(34(38)36-23-11-7-8-12-26(23)39-2)31(22-10-9-13-28(41-4)33(22)43-6)32-24(35-19)16-21(17-25(32)37)20-14-15-27(40-3)29(18-20)42-5/h7-15,18,21,31,35H,16-17H2,1-6H3,(H,36,38)/t21-,31-/m0/s1. The number of methoxy groups -OCH3 is 5. The summed E-state index contributed by atoms with van der Waals surface area (Å²) < 4.78 is 27.8. The number of hydrogen-bond donors (Lipinski definition) is 2. The Hall–Kier alpha value is -4.92. The molecule has 9 heteroatoms. The fourth-order valence-electron chi connectivity index (χ4n) is 6.07. The van der Waals surface area contributed by atoms with Crippen molar-refractivity contribution < 1.29 is 33.3 Å². The zero-order chi connectivity index (χ0) is 30.7. The average molecular weight is 585 g/mol. The van der Waals surface area contributed by atoms with Gasteiger partial charge in [-0.1, -0.05) is 30.3 Å². The van der Waals surface area contributed by atoms with E-state index in [-0.39, 0.29) is 24.0 Å². The number of Topliss-reactive ketones (excluding diaryl/α,β-unsaturated/α-hetero) is 1. The Morgan fingerprint density at radius 2 is 1.49 bits per heavy atom. The number of nitrogens with one attached hydrogen (secondary N) is 2. The Morgan fingerprint density at radius 1 is 0.791 bits per heavy atom. The second-order valence-corrected chi connectivity index (χ2v) is 10.4. The molecule has 43 heavy (non-hydrogen) atoms. The van der Waals surface area contributed by atoms with Crippen LogP contribution in [0.25, 0.3) is 0 Å². The number of amides is 1. The Bertz CT molecular complexity index is 1620. The first-order valence-corrected chi connectivity index (χ1v) is 14.0. The van der Waals surface area contributed by atoms with Gasteiger partial charge in [0.1, 0.15) is 5.75 Å². The molecule has 3 aromatic rings. The van der Waals surface area contributed by atoms with Gasteiger partial charge in [0.05, 0.1) is 47.2 Å². The van der Waals surface area contributed by atoms with Gasteiger partial charge in [-0.3, -0.25) is 9.59 Å². The molecule has 0 bridgehead atoms. The molecule has 0 saturated heterocycles. The number of benzene rings is 3. The van der Waals surface area contributed by atoms with Gasteiger partial charge in [-0.15, -0.1) is 0 Å². The van der Waals surface area contributed by atoms with Gasteiger partial charge in [-0.2, -0.15) is 0 Å². The summed E-state index contributed by atoms with van der Waals surface area (Å²) in [6.07, 6.45) is 0.831. The number of ether oxygens (including phenoxy) is 5. The maximum Gasteiger partial charge on any atom is 0.254 e. The lowest BCUT2D eigenvalue weighted by atomic mass is 9.71. The number of rotatable bonds is 9. The smallest absolute Gasteiger partial charge is 0.254 e. The highest BCUT2D eigenvalue weighted by atomic mass is 16.5. The zero-order valence-electron chi connectivity index (χ0n) is 25.2. The molecule has 0 fully saturated rings. The van der Waals surface area contributed by atoms with E-state index in [0.29, 0.717) is 63.3 Å². The van der Waals surface area contributed by atoms with E-state index in [1.807, 2.05) is 49.4 Å². The van der Waals surface area contributed by atoms with E-state index in [4.69, 9.17) is 23.7 Å². The van der Waals surface area contributed by atoms with E-state index in [1.165, 1.54) is 0 Å². The van der Waals surface area contributed by atoms with Crippen LogP contribution in [0, 0.1) is 0 Å². The van der Waals surface area contributed by atoms with E-state index < -0.39 is 5.92 Å². The van der Waals surface area contributed by atoms with Gasteiger partial charge in [0.15, 0.2) is 28.8 Å². The van der Waals surface area contributed by atoms with Crippen molar-refractivity contribution in [2.45, 2.75) is 31.6 Å². The zero-order valence-corrected chi connectivity index (χ0v) is 25.2. The molecular formula is C34H36N2O7. The first kappa shape index (κ1) is 29.6. The van der Waals surface area contributed by atoms with E-state index in [9.17, 15) is 9.59 Å². The molecule has 5 rings (SSSR count). The number of allylic oxidation sites excluding steroid dienone is 3. The minimum absolute atomic E-state index is 0.0569. The topological polar surface area (TPSA) is 104 Å². The quantitative estimate of drug-likeness (QED) is 0.329. The number of carbonyl (C=O) groups is 2. The molecular weight excluding hydrogens is 548 g/mol. The molecule has 2 aliphatic rings. The molecule has 0 aromatic heterocycles. The SMILES string of the molecule is COc1ccccc1NC(=O)C1=C(C)NC2=C(C(=O)C[C@@H](c3ccc(OC)c(OC)c3)C2)[C@H]1c1cccc(OC)c1OC. The van der Waals surface area contributed by atoms with Gasteiger partial charge >= 0.3 is 0 Å². The highest BCUT2D eigenvalue weighted by Crippen LogP contribution is 2.50. The van der Waals surface area contributed by atoms with Crippen LogP contribution in [-0.2, 0) is 9.59 Å². The molecule has 0 unspecified atom stereocenters. The van der Waals surface area contributed by atoms with Crippen LogP contribution in [0.3, 0.4) is 0 Å². The predicted molar refractivity (Wildman–Crippen MR) is 163 cm³/mol. The van der Waals surface area contributed by atoms with Crippen molar-refractivity contribution in [2.75, 3.05) is 40.9 Å². The number of para-hydroxylation sites is 3. The van der Waals surface area contributed by atoms with Crippen molar-refractivity contribution in [3.63, 3.8) is 0 Å². The number of dihydropyridines is 1. The monoisotopic (exact) mass is 584 g/mol. The maximum absolute atomic E-state index is 14.2. The summed E-state index contributed by atoms with van der Waals surface area (Å²) in [7, 11) is 7.85. The highest BCUT2D eigenvalue weighted by Gasteiger charge is 2.42. The Morgan fingerprint density at radius 3 is 2.19 bits per heavy atom. The molecule has 2 atom stereocenters. The van der Waals surface area contributed by atoms with Crippen LogP contribution in [0.1, 0.15) is 42.7 Å². The molecule has 0 spiro atoms. The fraction of sp³-hybridized carbons (Fsp3) is 0.294. The van der Waals surface area contributed by atoms with Crippen molar-refractivity contribution in [3.05, 3.63) is 94.3 Å². The normalized spacial score (nSPS) is 18.0. The van der Waals surface area contributed by atoms with E-state index >= 15 is 0 Å². The Kier molecular flexibility index (Phi) is 8.61. The molecule has 1 aliphatic heterocycles. The van der Waals surface area contributed by atoms with Crippen molar-refractivity contribution in [3.8, 4) is 28.7 Å². The summed E-state index contributed by atoms with van der Waals surface area (Å²) >= 11 is 0. The largest absolute Gasteiger partial charge is 0.495 e. The average Bonchev–Trinajstić information content (AvgIpc) is 3.03. The van der Waals surface area contributed by atoms with Crippen LogP contribution in [0.2, 0.25) is 0 Å². The first-order valence-electron chi connectivity index (χ1n) is 14.0. The minimum atomic E-state index is -0.699. The number of carbonyl (C=O) groups excluding carboxylic acids is 2. The molecule has 224 valence electrons. The summed E-state index contributed by atoms with van der Waals surface area (Å²) in [5.41, 5.74) is 4.52. The number of ketones is 1. The third-order valence-electron chi connectivity index (χ3n) is 8.05. The van der Waals surface area contributed by atoms with Gasteiger partial charge in [0, 0.05) is 34.5 Å². The number of hydrogen-bond acceptors (Lipinski definition) is 8. The van der Waals surface area contributed by atoms with Crippen LogP contribution in [0.5, 0.6) is 28.7 Å². The summed E-state index contributed by atoms with van der Waals surface area (Å²) in [5, 5.41) is 6.43. The van der Waals surface area contributed by atoms with Gasteiger partial charge < -0.3 is 34.3 Å². The Labute approximate surface area is 251 Å². The second-order valence-electron chi connectivity index (χ2n) is 10.4. The molecule has 0 radical (unpaired) electrons. The lowest BCUT2D eigenvalue weighted by Gasteiger charge is -2.37. The van der Waals surface area contributed by atoms with Crippen LogP contribution in [0.15, 0.2) is 83.2 Å². The van der Waals surface area contributed by atoms with Crippen LogP contribution in [-0.4, -0.2) is 47.2 Å². The minimum Gasteiger partial charge on any atom is -0.495 e. The van der Waals surface area contributed by atoms with Gasteiger partial charge in [-0.05, 0) is 55.2 Å². The molecule has 2 N–H and O–H groups in total. The van der Waals surface area contributed by atoms with E-state index in [2.05, 4.69) is 10.6 Å². The van der Waals surface area contributed by atoms with Gasteiger partial charge in [0.2, 0.25) is 0 Å². The second kappa shape index (κ2) is 12.5. The highest BCUT2D eigenvalue weighted by molar-refractivity contribution is 6.10. The lowest BCUT2D eigenvalue weighted by molar-refractivity contribution is -0.116. The van der Waals surface area contributed by atoms with E-state index in [0.717, 1.165) is 11.3 Å².